The maximum atomic E-state index is 3.66. The molecule has 0 aliphatic heterocycles. The zero-order chi connectivity index (χ0) is 17.0. The van der Waals surface area contributed by atoms with Crippen molar-refractivity contribution in [3.8, 4) is 0 Å². The standard InChI is InChI=1S/C23H39N/c1-18(2)6-4-7-19(3)8-11-24-10-5-9-23-15-20-12-21(16-23)14-22(13-20)17-23/h6,8,20-22,24H,4-5,7,9-17H2,1-3H3/b19-8+. The first-order valence-electron chi connectivity index (χ1n) is 10.5. The molecule has 1 heteroatoms. The van der Waals surface area contributed by atoms with Gasteiger partial charge in [-0.2, -0.15) is 0 Å². The minimum Gasteiger partial charge on any atom is -0.313 e. The van der Waals surface area contributed by atoms with Gasteiger partial charge in [-0.25, -0.2) is 0 Å². The molecule has 136 valence electrons. The lowest BCUT2D eigenvalue weighted by atomic mass is 9.48. The second-order valence-electron chi connectivity index (χ2n) is 9.60. The molecular weight excluding hydrogens is 290 g/mol. The lowest BCUT2D eigenvalue weighted by Crippen LogP contribution is -2.46. The van der Waals surface area contributed by atoms with Crippen LogP contribution in [-0.4, -0.2) is 13.1 Å². The van der Waals surface area contributed by atoms with Gasteiger partial charge in [0, 0.05) is 6.54 Å². The molecule has 0 spiro atoms. The van der Waals surface area contributed by atoms with E-state index in [1.165, 1.54) is 43.4 Å². The van der Waals surface area contributed by atoms with Crippen molar-refractivity contribution >= 4 is 0 Å². The quantitative estimate of drug-likeness (QED) is 0.388. The largest absolute Gasteiger partial charge is 0.313 e. The monoisotopic (exact) mass is 329 g/mol. The predicted octanol–water partition coefficient (Wildman–Crippen LogP) is 6.27. The maximum absolute atomic E-state index is 3.66. The van der Waals surface area contributed by atoms with Crippen LogP contribution in [0.5, 0.6) is 0 Å². The fourth-order valence-electron chi connectivity index (χ4n) is 6.22. The summed E-state index contributed by atoms with van der Waals surface area (Å²) >= 11 is 0. The van der Waals surface area contributed by atoms with Crippen LogP contribution in [0.2, 0.25) is 0 Å². The van der Waals surface area contributed by atoms with Crippen molar-refractivity contribution in [3.63, 3.8) is 0 Å². The average molecular weight is 330 g/mol. The van der Waals surface area contributed by atoms with Crippen molar-refractivity contribution in [2.24, 2.45) is 23.2 Å². The van der Waals surface area contributed by atoms with E-state index in [0.717, 1.165) is 29.7 Å². The summed E-state index contributed by atoms with van der Waals surface area (Å²) in [6.07, 6.45) is 19.5. The van der Waals surface area contributed by atoms with E-state index < -0.39 is 0 Å². The summed E-state index contributed by atoms with van der Waals surface area (Å²) in [5.41, 5.74) is 3.73. The molecule has 0 aromatic rings. The zero-order valence-corrected chi connectivity index (χ0v) is 16.4. The Labute approximate surface area is 150 Å². The van der Waals surface area contributed by atoms with Crippen LogP contribution in [0.1, 0.15) is 85.0 Å². The molecular formula is C23H39N. The fraction of sp³-hybridized carbons (Fsp3) is 0.826. The minimum absolute atomic E-state index is 0.770. The highest BCUT2D eigenvalue weighted by atomic mass is 14.8. The summed E-state index contributed by atoms with van der Waals surface area (Å²) in [7, 11) is 0. The molecule has 0 unspecified atom stereocenters. The van der Waals surface area contributed by atoms with Gasteiger partial charge in [0.1, 0.15) is 0 Å². The van der Waals surface area contributed by atoms with Crippen LogP contribution in [0.25, 0.3) is 0 Å². The summed E-state index contributed by atoms with van der Waals surface area (Å²) in [4.78, 5) is 0. The first kappa shape index (κ1) is 18.2. The summed E-state index contributed by atoms with van der Waals surface area (Å²) in [5.74, 6) is 3.32. The highest BCUT2D eigenvalue weighted by Gasteiger charge is 2.50. The van der Waals surface area contributed by atoms with Crippen LogP contribution >= 0.6 is 0 Å². The van der Waals surface area contributed by atoms with Crippen LogP contribution in [0.4, 0.5) is 0 Å². The topological polar surface area (TPSA) is 12.0 Å². The summed E-state index contributed by atoms with van der Waals surface area (Å²) < 4.78 is 0. The van der Waals surface area contributed by atoms with E-state index in [1.54, 1.807) is 38.5 Å². The van der Waals surface area contributed by atoms with Gasteiger partial charge in [-0.1, -0.05) is 23.3 Å². The summed E-state index contributed by atoms with van der Waals surface area (Å²) in [5, 5.41) is 3.66. The van der Waals surface area contributed by atoms with E-state index >= 15 is 0 Å². The van der Waals surface area contributed by atoms with Gasteiger partial charge < -0.3 is 5.32 Å². The molecule has 4 saturated carbocycles. The maximum Gasteiger partial charge on any atom is 0.0137 e. The lowest BCUT2D eigenvalue weighted by molar-refractivity contribution is -0.0579. The van der Waals surface area contributed by atoms with E-state index in [0.29, 0.717) is 0 Å². The number of nitrogens with one attached hydrogen (secondary N) is 1. The second kappa shape index (κ2) is 8.21. The Morgan fingerprint density at radius 1 is 0.958 bits per heavy atom. The third-order valence-electron chi connectivity index (χ3n) is 6.91. The number of rotatable bonds is 9. The van der Waals surface area contributed by atoms with Crippen molar-refractivity contribution in [2.45, 2.75) is 85.0 Å². The Morgan fingerprint density at radius 2 is 1.58 bits per heavy atom. The molecule has 0 amide bonds. The van der Waals surface area contributed by atoms with Gasteiger partial charge in [0.05, 0.1) is 0 Å². The van der Waals surface area contributed by atoms with Gasteiger partial charge >= 0.3 is 0 Å². The smallest absolute Gasteiger partial charge is 0.0137 e. The van der Waals surface area contributed by atoms with E-state index in [-0.39, 0.29) is 0 Å². The first-order valence-corrected chi connectivity index (χ1v) is 10.5. The molecule has 4 rings (SSSR count). The Morgan fingerprint density at radius 3 is 2.17 bits per heavy atom. The SMILES string of the molecule is CC(C)=CCC/C(C)=C/CNCCCC12CC3CC(CC(C3)C1)C2. The molecule has 24 heavy (non-hydrogen) atoms. The van der Waals surface area contributed by atoms with E-state index in [1.807, 2.05) is 0 Å². The molecule has 0 heterocycles. The van der Waals surface area contributed by atoms with Crippen LogP contribution in [0.3, 0.4) is 0 Å². The van der Waals surface area contributed by atoms with Crippen molar-refractivity contribution in [1.29, 1.82) is 0 Å². The molecule has 0 aromatic heterocycles. The molecule has 0 atom stereocenters. The average Bonchev–Trinajstić information content (AvgIpc) is 2.49. The molecule has 0 aromatic carbocycles. The fourth-order valence-corrected chi connectivity index (χ4v) is 6.22. The first-order chi connectivity index (χ1) is 11.5. The Hall–Kier alpha value is -0.560. The number of hydrogen-bond donors (Lipinski definition) is 1. The highest BCUT2D eigenvalue weighted by Crippen LogP contribution is 2.61. The predicted molar refractivity (Wildman–Crippen MR) is 105 cm³/mol. The van der Waals surface area contributed by atoms with Crippen LogP contribution in [0, 0.1) is 23.2 Å². The molecule has 4 bridgehead atoms. The van der Waals surface area contributed by atoms with E-state index in [4.69, 9.17) is 0 Å². The van der Waals surface area contributed by atoms with Gasteiger partial charge in [0.2, 0.25) is 0 Å². The Bertz CT molecular complexity index is 431. The van der Waals surface area contributed by atoms with Gasteiger partial charge in [-0.15, -0.1) is 0 Å². The third kappa shape index (κ3) is 4.97. The van der Waals surface area contributed by atoms with Gasteiger partial charge in [-0.05, 0) is 115 Å². The van der Waals surface area contributed by atoms with Gasteiger partial charge in [0.25, 0.3) is 0 Å². The summed E-state index contributed by atoms with van der Waals surface area (Å²) in [6, 6.07) is 0. The van der Waals surface area contributed by atoms with Crippen molar-refractivity contribution < 1.29 is 0 Å². The summed E-state index contributed by atoms with van der Waals surface area (Å²) in [6.45, 7) is 8.91. The lowest BCUT2D eigenvalue weighted by Gasteiger charge is -2.57. The molecule has 4 fully saturated rings. The van der Waals surface area contributed by atoms with Gasteiger partial charge in [-0.3, -0.25) is 0 Å². The van der Waals surface area contributed by atoms with Crippen LogP contribution in [0.15, 0.2) is 23.3 Å². The molecule has 1 N–H and O–H groups in total. The van der Waals surface area contributed by atoms with Crippen LogP contribution < -0.4 is 5.32 Å². The molecule has 4 aliphatic carbocycles. The van der Waals surface area contributed by atoms with E-state index in [2.05, 4.69) is 38.2 Å². The van der Waals surface area contributed by atoms with Crippen molar-refractivity contribution in [1.82, 2.24) is 5.32 Å². The normalized spacial score (nSPS) is 34.6. The Kier molecular flexibility index (Phi) is 6.24. The van der Waals surface area contributed by atoms with Crippen LogP contribution in [-0.2, 0) is 0 Å². The Balaban J connectivity index is 1.30. The number of hydrogen-bond acceptors (Lipinski definition) is 1. The van der Waals surface area contributed by atoms with Gasteiger partial charge in [0.15, 0.2) is 0 Å². The molecule has 0 radical (unpaired) electrons. The minimum atomic E-state index is 0.770. The van der Waals surface area contributed by atoms with Crippen molar-refractivity contribution in [2.75, 3.05) is 13.1 Å². The third-order valence-corrected chi connectivity index (χ3v) is 6.91. The number of allylic oxidation sites excluding steroid dienone is 3. The molecule has 4 aliphatic rings. The van der Waals surface area contributed by atoms with E-state index in [9.17, 15) is 0 Å². The van der Waals surface area contributed by atoms with Crippen molar-refractivity contribution in [3.05, 3.63) is 23.3 Å². The molecule has 0 saturated heterocycles. The highest BCUT2D eigenvalue weighted by molar-refractivity contribution is 5.03. The molecule has 1 nitrogen and oxygen atoms in total. The zero-order valence-electron chi connectivity index (χ0n) is 16.4. The second-order valence-corrected chi connectivity index (χ2v) is 9.60.